The van der Waals surface area contributed by atoms with E-state index in [9.17, 15) is 0 Å². The Balaban J connectivity index is 4.42. The fourth-order valence-electron chi connectivity index (χ4n) is 1.93. The van der Waals surface area contributed by atoms with Gasteiger partial charge in [0.05, 0.1) is 6.61 Å². The summed E-state index contributed by atoms with van der Waals surface area (Å²) in [5, 5.41) is 0. The average Bonchev–Trinajstić information content (AvgIpc) is 2.22. The third-order valence-corrected chi connectivity index (χ3v) is 3.15. The standard InChI is InChI=1S/C12H28N2O/c1-6-11(4)14(7-8-15-5)12(9-13)10(2)3/h10-12H,6-9,13H2,1-5H3. The Hall–Kier alpha value is -0.120. The van der Waals surface area contributed by atoms with Crippen molar-refractivity contribution in [3.8, 4) is 0 Å². The molecule has 0 bridgehead atoms. The Morgan fingerprint density at radius 3 is 2.20 bits per heavy atom. The zero-order valence-electron chi connectivity index (χ0n) is 11.0. The Morgan fingerprint density at radius 1 is 1.27 bits per heavy atom. The molecule has 0 rings (SSSR count). The van der Waals surface area contributed by atoms with Gasteiger partial charge in [-0.15, -0.1) is 0 Å². The number of methoxy groups -OCH3 is 1. The van der Waals surface area contributed by atoms with Crippen LogP contribution in [-0.4, -0.2) is 43.8 Å². The van der Waals surface area contributed by atoms with Gasteiger partial charge in [0.1, 0.15) is 0 Å². The van der Waals surface area contributed by atoms with Crippen LogP contribution in [-0.2, 0) is 4.74 Å². The van der Waals surface area contributed by atoms with Crippen molar-refractivity contribution >= 4 is 0 Å². The van der Waals surface area contributed by atoms with E-state index in [1.165, 1.54) is 0 Å². The number of rotatable bonds is 8. The van der Waals surface area contributed by atoms with Crippen molar-refractivity contribution in [2.75, 3.05) is 26.8 Å². The molecule has 2 N–H and O–H groups in total. The van der Waals surface area contributed by atoms with Gasteiger partial charge in [-0.2, -0.15) is 0 Å². The van der Waals surface area contributed by atoms with Crippen LogP contribution < -0.4 is 5.73 Å². The van der Waals surface area contributed by atoms with Crippen molar-refractivity contribution in [1.82, 2.24) is 4.90 Å². The lowest BCUT2D eigenvalue weighted by Gasteiger charge is -2.37. The van der Waals surface area contributed by atoms with Crippen molar-refractivity contribution in [2.24, 2.45) is 11.7 Å². The minimum absolute atomic E-state index is 0.468. The molecule has 0 heterocycles. The molecule has 0 fully saturated rings. The molecule has 0 saturated heterocycles. The van der Waals surface area contributed by atoms with Gasteiger partial charge < -0.3 is 10.5 Å². The van der Waals surface area contributed by atoms with Crippen molar-refractivity contribution in [3.05, 3.63) is 0 Å². The molecule has 3 nitrogen and oxygen atoms in total. The zero-order chi connectivity index (χ0) is 11.8. The second-order valence-corrected chi connectivity index (χ2v) is 4.53. The molecule has 0 aliphatic rings. The molecule has 0 amide bonds. The zero-order valence-corrected chi connectivity index (χ0v) is 11.0. The molecular weight excluding hydrogens is 188 g/mol. The molecule has 0 spiro atoms. The van der Waals surface area contributed by atoms with Gasteiger partial charge in [0.25, 0.3) is 0 Å². The fraction of sp³-hybridized carbons (Fsp3) is 1.00. The summed E-state index contributed by atoms with van der Waals surface area (Å²) in [6.07, 6.45) is 1.16. The maximum absolute atomic E-state index is 5.86. The first-order chi connectivity index (χ1) is 7.08. The summed E-state index contributed by atoms with van der Waals surface area (Å²) in [5.74, 6) is 0.598. The Bertz CT molecular complexity index is 151. The maximum atomic E-state index is 5.86. The Kier molecular flexibility index (Phi) is 8.02. The molecule has 92 valence electrons. The van der Waals surface area contributed by atoms with Gasteiger partial charge in [-0.1, -0.05) is 20.8 Å². The summed E-state index contributed by atoms with van der Waals surface area (Å²) in [7, 11) is 1.75. The van der Waals surface area contributed by atoms with Crippen LogP contribution in [0.4, 0.5) is 0 Å². The van der Waals surface area contributed by atoms with E-state index in [1.54, 1.807) is 7.11 Å². The van der Waals surface area contributed by atoms with Crippen LogP contribution in [0.15, 0.2) is 0 Å². The van der Waals surface area contributed by atoms with Crippen LogP contribution in [0.2, 0.25) is 0 Å². The number of hydrogen-bond donors (Lipinski definition) is 1. The van der Waals surface area contributed by atoms with Crippen LogP contribution in [0.25, 0.3) is 0 Å². The molecule has 2 atom stereocenters. The van der Waals surface area contributed by atoms with Gasteiger partial charge in [-0.25, -0.2) is 0 Å². The highest BCUT2D eigenvalue weighted by molar-refractivity contribution is 4.79. The van der Waals surface area contributed by atoms with E-state index >= 15 is 0 Å². The van der Waals surface area contributed by atoms with E-state index in [2.05, 4.69) is 32.6 Å². The molecule has 2 unspecified atom stereocenters. The normalized spacial score (nSPS) is 16.0. The predicted molar refractivity (Wildman–Crippen MR) is 66.0 cm³/mol. The molecule has 0 aromatic carbocycles. The molecular formula is C12H28N2O. The number of hydrogen-bond acceptors (Lipinski definition) is 3. The lowest BCUT2D eigenvalue weighted by molar-refractivity contribution is 0.0718. The van der Waals surface area contributed by atoms with E-state index in [4.69, 9.17) is 10.5 Å². The van der Waals surface area contributed by atoms with Gasteiger partial charge in [-0.05, 0) is 19.3 Å². The first-order valence-corrected chi connectivity index (χ1v) is 6.03. The molecule has 0 aromatic rings. The van der Waals surface area contributed by atoms with E-state index in [0.29, 0.717) is 18.0 Å². The summed E-state index contributed by atoms with van der Waals surface area (Å²) in [4.78, 5) is 2.48. The van der Waals surface area contributed by atoms with E-state index in [0.717, 1.165) is 26.1 Å². The van der Waals surface area contributed by atoms with Gasteiger partial charge in [0.15, 0.2) is 0 Å². The number of ether oxygens (including phenoxy) is 1. The van der Waals surface area contributed by atoms with Crippen LogP contribution >= 0.6 is 0 Å². The third-order valence-electron chi connectivity index (χ3n) is 3.15. The van der Waals surface area contributed by atoms with E-state index in [1.807, 2.05) is 0 Å². The SMILES string of the molecule is CCC(C)N(CCOC)C(CN)C(C)C. The lowest BCUT2D eigenvalue weighted by atomic mass is 10.00. The minimum atomic E-state index is 0.468. The predicted octanol–water partition coefficient (Wildman–Crippen LogP) is 1.72. The monoisotopic (exact) mass is 216 g/mol. The first-order valence-electron chi connectivity index (χ1n) is 6.03. The number of nitrogens with two attached hydrogens (primary N) is 1. The van der Waals surface area contributed by atoms with Crippen LogP contribution in [0.5, 0.6) is 0 Å². The minimum Gasteiger partial charge on any atom is -0.383 e. The van der Waals surface area contributed by atoms with Crippen molar-refractivity contribution < 1.29 is 4.74 Å². The summed E-state index contributed by atoms with van der Waals surface area (Å²) < 4.78 is 5.16. The van der Waals surface area contributed by atoms with Crippen LogP contribution in [0, 0.1) is 5.92 Å². The fourth-order valence-corrected chi connectivity index (χ4v) is 1.93. The quantitative estimate of drug-likeness (QED) is 0.671. The lowest BCUT2D eigenvalue weighted by Crippen LogP contribution is -2.49. The van der Waals surface area contributed by atoms with Gasteiger partial charge in [0, 0.05) is 32.3 Å². The molecule has 3 heteroatoms. The largest absolute Gasteiger partial charge is 0.383 e. The Morgan fingerprint density at radius 2 is 1.87 bits per heavy atom. The number of nitrogens with zero attached hydrogens (tertiary/aromatic N) is 1. The Labute approximate surface area is 95.0 Å². The summed E-state index contributed by atoms with van der Waals surface area (Å²) in [6, 6.07) is 1.05. The highest BCUT2D eigenvalue weighted by atomic mass is 16.5. The van der Waals surface area contributed by atoms with E-state index in [-0.39, 0.29) is 0 Å². The van der Waals surface area contributed by atoms with Crippen molar-refractivity contribution in [1.29, 1.82) is 0 Å². The van der Waals surface area contributed by atoms with Crippen LogP contribution in [0.3, 0.4) is 0 Å². The third kappa shape index (κ3) is 4.96. The molecule has 0 saturated carbocycles. The van der Waals surface area contributed by atoms with Crippen LogP contribution in [0.1, 0.15) is 34.1 Å². The summed E-state index contributed by atoms with van der Waals surface area (Å²) in [5.41, 5.74) is 5.86. The average molecular weight is 216 g/mol. The molecule has 15 heavy (non-hydrogen) atoms. The first kappa shape index (κ1) is 14.9. The summed E-state index contributed by atoms with van der Waals surface area (Å²) in [6.45, 7) is 11.4. The highest BCUT2D eigenvalue weighted by Gasteiger charge is 2.23. The second kappa shape index (κ2) is 8.08. The molecule has 0 aliphatic heterocycles. The van der Waals surface area contributed by atoms with E-state index < -0.39 is 0 Å². The highest BCUT2D eigenvalue weighted by Crippen LogP contribution is 2.14. The smallest absolute Gasteiger partial charge is 0.0589 e. The van der Waals surface area contributed by atoms with Crippen molar-refractivity contribution in [3.63, 3.8) is 0 Å². The molecule has 0 radical (unpaired) electrons. The van der Waals surface area contributed by atoms with Gasteiger partial charge in [-0.3, -0.25) is 4.90 Å². The van der Waals surface area contributed by atoms with Gasteiger partial charge in [0.2, 0.25) is 0 Å². The molecule has 0 aliphatic carbocycles. The molecule has 0 aromatic heterocycles. The van der Waals surface area contributed by atoms with Gasteiger partial charge >= 0.3 is 0 Å². The second-order valence-electron chi connectivity index (χ2n) is 4.53. The topological polar surface area (TPSA) is 38.5 Å². The van der Waals surface area contributed by atoms with Crippen molar-refractivity contribution in [2.45, 2.75) is 46.2 Å². The summed E-state index contributed by atoms with van der Waals surface area (Å²) >= 11 is 0. The maximum Gasteiger partial charge on any atom is 0.0589 e.